The predicted molar refractivity (Wildman–Crippen MR) is 73.1 cm³/mol. The summed E-state index contributed by atoms with van der Waals surface area (Å²) >= 11 is 0. The van der Waals surface area contributed by atoms with E-state index in [0.29, 0.717) is 6.61 Å². The minimum atomic E-state index is -0.812. The number of hydrogen-bond donors (Lipinski definition) is 1. The Morgan fingerprint density at radius 3 is 2.70 bits per heavy atom. The molecular formula is C15H20FNO3. The Bertz CT molecular complexity index is 463. The topological polar surface area (TPSA) is 49.8 Å². The summed E-state index contributed by atoms with van der Waals surface area (Å²) in [6.45, 7) is 2.76. The number of hydrogen-bond acceptors (Lipinski definition) is 3. The molecule has 0 aliphatic carbocycles. The summed E-state index contributed by atoms with van der Waals surface area (Å²) in [4.78, 5) is 13.2. The number of likely N-dealkylation sites (N-methyl/N-ethyl adjacent to an activating group) is 1. The van der Waals surface area contributed by atoms with Crippen LogP contribution in [0.4, 0.5) is 4.39 Å². The first kappa shape index (κ1) is 14.9. The van der Waals surface area contributed by atoms with E-state index in [-0.39, 0.29) is 24.5 Å². The number of rotatable bonds is 5. The minimum Gasteiger partial charge on any atom is -0.481 e. The van der Waals surface area contributed by atoms with Gasteiger partial charge in [-0.05, 0) is 38.1 Å². The van der Waals surface area contributed by atoms with Gasteiger partial charge in [-0.25, -0.2) is 4.39 Å². The fourth-order valence-electron chi connectivity index (χ4n) is 2.61. The summed E-state index contributed by atoms with van der Waals surface area (Å²) in [6.07, 6.45) is 0.750. The molecule has 1 heterocycles. The van der Waals surface area contributed by atoms with Gasteiger partial charge in [0.25, 0.3) is 0 Å². The number of carboxylic acids is 1. The first-order valence-electron chi connectivity index (χ1n) is 6.76. The molecular weight excluding hydrogens is 261 g/mol. The highest BCUT2D eigenvalue weighted by atomic mass is 19.1. The van der Waals surface area contributed by atoms with Gasteiger partial charge in [0.15, 0.2) is 0 Å². The van der Waals surface area contributed by atoms with E-state index in [1.54, 1.807) is 12.1 Å². The van der Waals surface area contributed by atoms with E-state index < -0.39 is 11.9 Å². The molecule has 0 radical (unpaired) electrons. The van der Waals surface area contributed by atoms with Crippen LogP contribution in [0.5, 0.6) is 0 Å². The van der Waals surface area contributed by atoms with Crippen molar-refractivity contribution < 1.29 is 19.0 Å². The van der Waals surface area contributed by atoms with Crippen molar-refractivity contribution in [1.29, 1.82) is 0 Å². The van der Waals surface area contributed by atoms with Crippen LogP contribution in [0.3, 0.4) is 0 Å². The van der Waals surface area contributed by atoms with Gasteiger partial charge in [-0.2, -0.15) is 0 Å². The summed E-state index contributed by atoms with van der Waals surface area (Å²) in [5.74, 6) is -1.53. The van der Waals surface area contributed by atoms with Gasteiger partial charge in [-0.1, -0.05) is 12.1 Å². The lowest BCUT2D eigenvalue weighted by Gasteiger charge is -2.32. The van der Waals surface area contributed by atoms with E-state index >= 15 is 0 Å². The summed E-state index contributed by atoms with van der Waals surface area (Å²) in [6, 6.07) is 6.47. The quantitative estimate of drug-likeness (QED) is 0.894. The molecule has 20 heavy (non-hydrogen) atoms. The molecule has 110 valence electrons. The Kier molecular flexibility index (Phi) is 4.73. The van der Waals surface area contributed by atoms with Gasteiger partial charge in [0.2, 0.25) is 0 Å². The lowest BCUT2D eigenvalue weighted by atomic mass is 9.99. The molecule has 0 saturated carbocycles. The molecule has 0 aromatic heterocycles. The molecule has 0 amide bonds. The monoisotopic (exact) mass is 281 g/mol. The van der Waals surface area contributed by atoms with Crippen LogP contribution in [0.2, 0.25) is 0 Å². The highest BCUT2D eigenvalue weighted by Crippen LogP contribution is 2.22. The third kappa shape index (κ3) is 3.35. The van der Waals surface area contributed by atoms with Crippen molar-refractivity contribution in [1.82, 2.24) is 4.90 Å². The Balaban J connectivity index is 1.99. The maximum atomic E-state index is 12.9. The SMILES string of the molecule is CC(Cc1ccc(F)cc1)N(C)C1COCC1C(=O)O. The minimum absolute atomic E-state index is 0.108. The molecule has 0 spiro atoms. The summed E-state index contributed by atoms with van der Waals surface area (Å²) in [7, 11) is 1.92. The molecule has 1 N–H and O–H groups in total. The number of ether oxygens (including phenoxy) is 1. The first-order valence-corrected chi connectivity index (χ1v) is 6.76. The van der Waals surface area contributed by atoms with E-state index in [0.717, 1.165) is 12.0 Å². The van der Waals surface area contributed by atoms with Crippen molar-refractivity contribution in [3.8, 4) is 0 Å². The molecule has 5 heteroatoms. The fourth-order valence-corrected chi connectivity index (χ4v) is 2.61. The Morgan fingerprint density at radius 2 is 2.10 bits per heavy atom. The van der Waals surface area contributed by atoms with Crippen molar-refractivity contribution in [2.75, 3.05) is 20.3 Å². The number of halogens is 1. The van der Waals surface area contributed by atoms with Crippen molar-refractivity contribution in [2.24, 2.45) is 5.92 Å². The second kappa shape index (κ2) is 6.33. The molecule has 2 rings (SSSR count). The number of aliphatic carboxylic acids is 1. The van der Waals surface area contributed by atoms with Gasteiger partial charge in [-0.3, -0.25) is 9.69 Å². The van der Waals surface area contributed by atoms with E-state index in [1.165, 1.54) is 12.1 Å². The van der Waals surface area contributed by atoms with Crippen LogP contribution in [-0.4, -0.2) is 48.3 Å². The summed E-state index contributed by atoms with van der Waals surface area (Å²) < 4.78 is 18.2. The Morgan fingerprint density at radius 1 is 1.45 bits per heavy atom. The third-order valence-corrected chi connectivity index (χ3v) is 4.03. The van der Waals surface area contributed by atoms with E-state index in [4.69, 9.17) is 4.74 Å². The highest BCUT2D eigenvalue weighted by Gasteiger charge is 2.37. The molecule has 1 aliphatic rings. The number of nitrogens with zero attached hydrogens (tertiary/aromatic N) is 1. The molecule has 1 aliphatic heterocycles. The Labute approximate surface area is 118 Å². The lowest BCUT2D eigenvalue weighted by Crippen LogP contribution is -2.45. The van der Waals surface area contributed by atoms with Gasteiger partial charge >= 0.3 is 5.97 Å². The van der Waals surface area contributed by atoms with Gasteiger partial charge in [0.1, 0.15) is 5.82 Å². The normalized spacial score (nSPS) is 24.0. The molecule has 3 atom stereocenters. The largest absolute Gasteiger partial charge is 0.481 e. The van der Waals surface area contributed by atoms with Gasteiger partial charge in [0.05, 0.1) is 19.1 Å². The molecule has 3 unspecified atom stereocenters. The standard InChI is InChI=1S/C15H20FNO3/c1-10(7-11-3-5-12(16)6-4-11)17(2)14-9-20-8-13(14)15(18)19/h3-6,10,13-14H,7-9H2,1-2H3,(H,18,19). The van der Waals surface area contributed by atoms with Crippen molar-refractivity contribution in [2.45, 2.75) is 25.4 Å². The Hall–Kier alpha value is -1.46. The number of carboxylic acid groups (broad SMARTS) is 1. The average Bonchev–Trinajstić information content (AvgIpc) is 2.90. The van der Waals surface area contributed by atoms with Crippen LogP contribution >= 0.6 is 0 Å². The highest BCUT2D eigenvalue weighted by molar-refractivity contribution is 5.71. The second-order valence-electron chi connectivity index (χ2n) is 5.39. The van der Waals surface area contributed by atoms with Crippen LogP contribution in [0, 0.1) is 11.7 Å². The molecule has 1 fully saturated rings. The zero-order valence-corrected chi connectivity index (χ0v) is 11.8. The van der Waals surface area contributed by atoms with Crippen LogP contribution < -0.4 is 0 Å². The lowest BCUT2D eigenvalue weighted by molar-refractivity contribution is -0.143. The summed E-state index contributed by atoms with van der Waals surface area (Å²) in [5, 5.41) is 9.19. The molecule has 0 bridgehead atoms. The average molecular weight is 281 g/mol. The zero-order valence-electron chi connectivity index (χ0n) is 11.8. The van der Waals surface area contributed by atoms with Gasteiger partial charge < -0.3 is 9.84 Å². The van der Waals surface area contributed by atoms with Gasteiger partial charge in [-0.15, -0.1) is 0 Å². The van der Waals surface area contributed by atoms with Gasteiger partial charge in [0, 0.05) is 12.1 Å². The maximum Gasteiger partial charge on any atom is 0.310 e. The molecule has 1 saturated heterocycles. The molecule has 1 aromatic rings. The van der Waals surface area contributed by atoms with Crippen LogP contribution in [0.15, 0.2) is 24.3 Å². The van der Waals surface area contributed by atoms with E-state index in [1.807, 2.05) is 14.0 Å². The van der Waals surface area contributed by atoms with Crippen molar-refractivity contribution >= 4 is 5.97 Å². The third-order valence-electron chi connectivity index (χ3n) is 4.03. The number of carbonyl (C=O) groups is 1. The summed E-state index contributed by atoms with van der Waals surface area (Å²) in [5.41, 5.74) is 1.04. The predicted octanol–water partition coefficient (Wildman–Crippen LogP) is 1.79. The van der Waals surface area contributed by atoms with Crippen molar-refractivity contribution in [3.63, 3.8) is 0 Å². The molecule has 4 nitrogen and oxygen atoms in total. The van der Waals surface area contributed by atoms with Crippen molar-refractivity contribution in [3.05, 3.63) is 35.6 Å². The maximum absolute atomic E-state index is 12.9. The van der Waals surface area contributed by atoms with Crippen LogP contribution in [0.1, 0.15) is 12.5 Å². The van der Waals surface area contributed by atoms with E-state index in [9.17, 15) is 14.3 Å². The zero-order chi connectivity index (χ0) is 14.7. The first-order chi connectivity index (χ1) is 9.49. The van der Waals surface area contributed by atoms with Crippen LogP contribution in [0.25, 0.3) is 0 Å². The fraction of sp³-hybridized carbons (Fsp3) is 0.533. The van der Waals surface area contributed by atoms with Crippen LogP contribution in [-0.2, 0) is 16.0 Å². The second-order valence-corrected chi connectivity index (χ2v) is 5.39. The van der Waals surface area contributed by atoms with E-state index in [2.05, 4.69) is 4.90 Å². The molecule has 1 aromatic carbocycles. The number of benzene rings is 1. The smallest absolute Gasteiger partial charge is 0.310 e.